The van der Waals surface area contributed by atoms with Gasteiger partial charge in [0.05, 0.1) is 24.9 Å². The first-order valence-electron chi connectivity index (χ1n) is 15.6. The number of hydrogen-bond acceptors (Lipinski definition) is 5. The highest BCUT2D eigenvalue weighted by molar-refractivity contribution is 6.99. The third kappa shape index (κ3) is 8.22. The van der Waals surface area contributed by atoms with Crippen LogP contribution >= 0.6 is 0 Å². The van der Waals surface area contributed by atoms with Gasteiger partial charge < -0.3 is 23.4 Å². The van der Waals surface area contributed by atoms with Crippen molar-refractivity contribution in [3.8, 4) is 0 Å². The lowest BCUT2D eigenvalue weighted by atomic mass is 9.89. The van der Waals surface area contributed by atoms with Gasteiger partial charge in [-0.25, -0.2) is 0 Å². The molecule has 234 valence electrons. The summed E-state index contributed by atoms with van der Waals surface area (Å²) in [5.74, 6) is 0.128. The maximum atomic E-state index is 7.22. The highest BCUT2D eigenvalue weighted by Gasteiger charge is 2.50. The number of hydrogen-bond donors (Lipinski definition) is 0. The molecule has 0 saturated carbocycles. The molecule has 1 aliphatic rings. The first-order chi connectivity index (χ1) is 19.8. The Balaban J connectivity index is 1.79. The number of methoxy groups -OCH3 is 2. The van der Waals surface area contributed by atoms with Crippen molar-refractivity contribution in [3.63, 3.8) is 0 Å². The van der Waals surface area contributed by atoms with Gasteiger partial charge in [-0.05, 0) is 54.1 Å². The van der Waals surface area contributed by atoms with E-state index in [2.05, 4.69) is 115 Å². The molecule has 0 amide bonds. The number of ether oxygens (including phenoxy) is 4. The van der Waals surface area contributed by atoms with Crippen LogP contribution in [0.3, 0.4) is 0 Å². The van der Waals surface area contributed by atoms with Gasteiger partial charge in [0.15, 0.2) is 5.79 Å². The molecule has 1 fully saturated rings. The van der Waals surface area contributed by atoms with E-state index in [1.54, 1.807) is 14.2 Å². The standard InChI is InChI=1S/C36H56O5Si/c1-26(24-40-42(35(5,6)7,30-18-14-12-15-19-30)31-20-16-13-17-21-31)22-32(37-10)34(38-11)28(3)23-27(2)33-29(4)25-39-36(8,9)41-33/h12-21,23,26,28-29,32-34H,22,24-25H2,1-11H3/b27-23+/t26-,28-,29-,32-,33-,34+/m0/s1. The van der Waals surface area contributed by atoms with E-state index in [0.29, 0.717) is 19.1 Å². The van der Waals surface area contributed by atoms with Crippen LogP contribution in [0.2, 0.25) is 5.04 Å². The highest BCUT2D eigenvalue weighted by Crippen LogP contribution is 2.37. The van der Waals surface area contributed by atoms with Gasteiger partial charge in [0.25, 0.3) is 8.32 Å². The Kier molecular flexibility index (Phi) is 12.2. The van der Waals surface area contributed by atoms with E-state index in [0.717, 1.165) is 6.42 Å². The van der Waals surface area contributed by atoms with Gasteiger partial charge in [-0.15, -0.1) is 0 Å². The second kappa shape index (κ2) is 14.8. The zero-order valence-electron chi connectivity index (χ0n) is 28.0. The lowest BCUT2D eigenvalue weighted by Gasteiger charge is -2.43. The van der Waals surface area contributed by atoms with Gasteiger partial charge >= 0.3 is 0 Å². The average molecular weight is 597 g/mol. The minimum Gasteiger partial charge on any atom is -0.407 e. The van der Waals surface area contributed by atoms with Crippen LogP contribution in [0.1, 0.15) is 68.7 Å². The summed E-state index contributed by atoms with van der Waals surface area (Å²) >= 11 is 0. The molecule has 0 unspecified atom stereocenters. The van der Waals surface area contributed by atoms with Crippen molar-refractivity contribution in [2.45, 2.75) is 97.9 Å². The summed E-state index contributed by atoms with van der Waals surface area (Å²) in [7, 11) is 0.986. The van der Waals surface area contributed by atoms with Crippen LogP contribution in [0.25, 0.3) is 0 Å². The molecule has 0 N–H and O–H groups in total. The van der Waals surface area contributed by atoms with Crippen LogP contribution in [0.4, 0.5) is 0 Å². The molecular weight excluding hydrogens is 540 g/mol. The van der Waals surface area contributed by atoms with Crippen molar-refractivity contribution in [1.29, 1.82) is 0 Å². The van der Waals surface area contributed by atoms with Crippen molar-refractivity contribution in [1.82, 2.24) is 0 Å². The molecule has 0 radical (unpaired) electrons. The quantitative estimate of drug-likeness (QED) is 0.184. The fraction of sp³-hybridized carbons (Fsp3) is 0.611. The van der Waals surface area contributed by atoms with Crippen LogP contribution in [0.5, 0.6) is 0 Å². The number of benzene rings is 2. The minimum absolute atomic E-state index is 0.0217. The summed E-state index contributed by atoms with van der Waals surface area (Å²) in [6, 6.07) is 21.7. The monoisotopic (exact) mass is 596 g/mol. The Morgan fingerprint density at radius 1 is 0.976 bits per heavy atom. The molecule has 1 saturated heterocycles. The predicted octanol–water partition coefficient (Wildman–Crippen LogP) is 6.99. The Morgan fingerprint density at radius 3 is 2.00 bits per heavy atom. The Hall–Kier alpha value is -1.80. The average Bonchev–Trinajstić information content (AvgIpc) is 2.94. The summed E-state index contributed by atoms with van der Waals surface area (Å²) in [4.78, 5) is 0. The second-order valence-electron chi connectivity index (χ2n) is 13.8. The predicted molar refractivity (Wildman–Crippen MR) is 176 cm³/mol. The zero-order valence-corrected chi connectivity index (χ0v) is 29.0. The highest BCUT2D eigenvalue weighted by atomic mass is 28.4. The van der Waals surface area contributed by atoms with Gasteiger partial charge in [0, 0.05) is 32.7 Å². The molecule has 1 heterocycles. The summed E-state index contributed by atoms with van der Waals surface area (Å²) in [5, 5.41) is 2.55. The Labute approximate surface area is 257 Å². The second-order valence-corrected chi connectivity index (χ2v) is 18.1. The third-order valence-electron chi connectivity index (χ3n) is 8.69. The normalized spacial score (nSPS) is 22.8. The van der Waals surface area contributed by atoms with Crippen molar-refractivity contribution in [2.24, 2.45) is 17.8 Å². The van der Waals surface area contributed by atoms with E-state index in [-0.39, 0.29) is 35.2 Å². The molecule has 2 aromatic rings. The molecule has 5 nitrogen and oxygen atoms in total. The first-order valence-corrected chi connectivity index (χ1v) is 17.5. The third-order valence-corrected chi connectivity index (χ3v) is 13.7. The van der Waals surface area contributed by atoms with Crippen LogP contribution in [0.15, 0.2) is 72.3 Å². The van der Waals surface area contributed by atoms with E-state index in [1.165, 1.54) is 15.9 Å². The van der Waals surface area contributed by atoms with Gasteiger partial charge in [-0.2, -0.15) is 0 Å². The van der Waals surface area contributed by atoms with Gasteiger partial charge in [0.1, 0.15) is 0 Å². The lowest BCUT2D eigenvalue weighted by Crippen LogP contribution is -2.66. The van der Waals surface area contributed by atoms with E-state index < -0.39 is 14.1 Å². The van der Waals surface area contributed by atoms with E-state index in [9.17, 15) is 0 Å². The summed E-state index contributed by atoms with van der Waals surface area (Å²) in [6.07, 6.45) is 2.99. The van der Waals surface area contributed by atoms with Crippen LogP contribution in [-0.2, 0) is 23.4 Å². The molecule has 0 bridgehead atoms. The molecule has 0 spiro atoms. The minimum atomic E-state index is -2.60. The summed E-state index contributed by atoms with van der Waals surface area (Å²) < 4.78 is 31.6. The summed E-state index contributed by atoms with van der Waals surface area (Å²) in [5.41, 5.74) is 1.21. The van der Waals surface area contributed by atoms with E-state index in [1.807, 2.05) is 13.8 Å². The van der Waals surface area contributed by atoms with Crippen molar-refractivity contribution >= 4 is 18.7 Å². The van der Waals surface area contributed by atoms with Crippen LogP contribution < -0.4 is 10.4 Å². The molecular formula is C36H56O5Si. The fourth-order valence-corrected chi connectivity index (χ4v) is 11.3. The van der Waals surface area contributed by atoms with Gasteiger partial charge in [-0.3, -0.25) is 0 Å². The molecule has 2 aromatic carbocycles. The molecule has 42 heavy (non-hydrogen) atoms. The molecule has 3 rings (SSSR count). The maximum absolute atomic E-state index is 7.22. The lowest BCUT2D eigenvalue weighted by molar-refractivity contribution is -0.282. The topological polar surface area (TPSA) is 46.2 Å². The van der Waals surface area contributed by atoms with Crippen LogP contribution in [-0.4, -0.2) is 59.8 Å². The van der Waals surface area contributed by atoms with Crippen molar-refractivity contribution < 1.29 is 23.4 Å². The summed E-state index contributed by atoms with van der Waals surface area (Å²) in [6.45, 7) is 21.1. The van der Waals surface area contributed by atoms with E-state index >= 15 is 0 Å². The smallest absolute Gasteiger partial charge is 0.261 e. The van der Waals surface area contributed by atoms with Crippen molar-refractivity contribution in [3.05, 3.63) is 72.3 Å². The molecule has 6 atom stereocenters. The number of rotatable bonds is 13. The Morgan fingerprint density at radius 2 is 1.52 bits per heavy atom. The van der Waals surface area contributed by atoms with Gasteiger partial charge in [0.2, 0.25) is 0 Å². The maximum Gasteiger partial charge on any atom is 0.261 e. The molecule has 0 aliphatic carbocycles. The zero-order chi connectivity index (χ0) is 31.1. The Bertz CT molecular complexity index is 1070. The largest absolute Gasteiger partial charge is 0.407 e. The van der Waals surface area contributed by atoms with E-state index in [4.69, 9.17) is 23.4 Å². The molecule has 6 heteroatoms. The molecule has 0 aromatic heterocycles. The fourth-order valence-electron chi connectivity index (χ4n) is 6.58. The SMILES string of the molecule is CO[C@@H]([C@H](C[C@H](C)CO[Si](c1ccccc1)(c1ccccc1)C(C)(C)C)OC)[C@@H](C)/C=C(\C)[C@@H]1OC(C)(C)OC[C@@H]1C. The van der Waals surface area contributed by atoms with Crippen LogP contribution in [0, 0.1) is 17.8 Å². The van der Waals surface area contributed by atoms with Crippen molar-refractivity contribution in [2.75, 3.05) is 27.4 Å². The molecule has 1 aliphatic heterocycles. The first kappa shape index (κ1) is 34.7. The van der Waals surface area contributed by atoms with Gasteiger partial charge in [-0.1, -0.05) is 108 Å².